The molecule has 0 aliphatic carbocycles. The summed E-state index contributed by atoms with van der Waals surface area (Å²) in [5.41, 5.74) is 2.14. The highest BCUT2D eigenvalue weighted by Crippen LogP contribution is 2.08. The summed E-state index contributed by atoms with van der Waals surface area (Å²) in [7, 11) is 0. The number of ether oxygens (including phenoxy) is 4. The highest BCUT2D eigenvalue weighted by atomic mass is 16.5. The first kappa shape index (κ1) is 38.1. The summed E-state index contributed by atoms with van der Waals surface area (Å²) in [6.45, 7) is 39.5. The molecular weight excluding hydrogens is 400 g/mol. The topological polar surface area (TPSA) is 36.9 Å². The smallest absolute Gasteiger partial charge is 0.0803 e. The van der Waals surface area contributed by atoms with Gasteiger partial charge in [0.2, 0.25) is 0 Å². The third-order valence-corrected chi connectivity index (χ3v) is 3.98. The van der Waals surface area contributed by atoms with E-state index >= 15 is 0 Å². The molecule has 0 fully saturated rings. The summed E-state index contributed by atoms with van der Waals surface area (Å²) >= 11 is 0. The highest BCUT2D eigenvalue weighted by molar-refractivity contribution is 4.94. The minimum Gasteiger partial charge on any atom is -0.381 e. The van der Waals surface area contributed by atoms with E-state index in [2.05, 4.69) is 33.2 Å². The van der Waals surface area contributed by atoms with Gasteiger partial charge in [0.05, 0.1) is 24.9 Å². The summed E-state index contributed by atoms with van der Waals surface area (Å²) in [6, 6.07) is 0. The molecule has 0 saturated heterocycles. The van der Waals surface area contributed by atoms with Crippen LogP contribution in [0.2, 0.25) is 0 Å². The minimum atomic E-state index is -0.144. The van der Waals surface area contributed by atoms with Crippen molar-refractivity contribution in [1.29, 1.82) is 0 Å². The van der Waals surface area contributed by atoms with Crippen molar-refractivity contribution < 1.29 is 18.9 Å². The molecule has 32 heavy (non-hydrogen) atoms. The van der Waals surface area contributed by atoms with Crippen molar-refractivity contribution in [3.8, 4) is 0 Å². The molecule has 0 aromatic rings. The molecule has 0 heterocycles. The molecule has 0 aromatic heterocycles. The van der Waals surface area contributed by atoms with Gasteiger partial charge in [-0.1, -0.05) is 36.8 Å². The van der Waals surface area contributed by atoms with Gasteiger partial charge < -0.3 is 18.9 Å². The van der Waals surface area contributed by atoms with Gasteiger partial charge >= 0.3 is 0 Å². The lowest BCUT2D eigenvalue weighted by Gasteiger charge is -2.18. The van der Waals surface area contributed by atoms with E-state index in [-0.39, 0.29) is 11.7 Å². The molecule has 0 spiro atoms. The molecule has 0 aliphatic rings. The maximum Gasteiger partial charge on any atom is 0.0803 e. The first-order chi connectivity index (χ1) is 14.9. The quantitative estimate of drug-likeness (QED) is 0.197. The van der Waals surface area contributed by atoms with E-state index < -0.39 is 0 Å². The average molecular weight is 457 g/mol. The summed E-state index contributed by atoms with van der Waals surface area (Å²) < 4.78 is 20.7. The predicted molar refractivity (Wildman–Crippen MR) is 144 cm³/mol. The van der Waals surface area contributed by atoms with E-state index in [9.17, 15) is 0 Å². The lowest BCUT2D eigenvalue weighted by Crippen LogP contribution is -2.20. The Morgan fingerprint density at radius 3 is 1.66 bits per heavy atom. The van der Waals surface area contributed by atoms with Crippen LogP contribution in [0.1, 0.15) is 75.7 Å². The van der Waals surface area contributed by atoms with E-state index in [4.69, 9.17) is 18.9 Å². The van der Waals surface area contributed by atoms with Gasteiger partial charge in [0.15, 0.2) is 0 Å². The standard InChI is InChI=1S/4C7H14O/c1-5-7(3,4)8-6-2;1-5-8-7(4)6(2)3;1-4-8-6-5-7(2)3;1-4-7(3)6-8-5-2/h5H,1,6H2,2-4H3;7H,2,5H2,1,3-4H3;2,4-6H2,1,3H3;4,7H,1,5-6H2,2-3H3. The van der Waals surface area contributed by atoms with Crippen LogP contribution in [0, 0.1) is 5.92 Å². The van der Waals surface area contributed by atoms with Crippen LogP contribution in [0.4, 0.5) is 0 Å². The second-order valence-corrected chi connectivity index (χ2v) is 7.96. The Kier molecular flexibility index (Phi) is 33.1. The molecule has 2 atom stereocenters. The van der Waals surface area contributed by atoms with Gasteiger partial charge in [-0.05, 0) is 74.7 Å². The summed E-state index contributed by atoms with van der Waals surface area (Å²) in [6.07, 6.45) is 4.92. The maximum absolute atomic E-state index is 5.26. The average Bonchev–Trinajstić information content (AvgIpc) is 2.73. The lowest BCUT2D eigenvalue weighted by atomic mass is 10.1. The van der Waals surface area contributed by atoms with Crippen LogP contribution in [-0.4, -0.2) is 51.3 Å². The number of rotatable bonds is 14. The molecule has 192 valence electrons. The minimum absolute atomic E-state index is 0.144. The van der Waals surface area contributed by atoms with Crippen LogP contribution in [0.15, 0.2) is 49.6 Å². The molecule has 2 unspecified atom stereocenters. The zero-order valence-electron chi connectivity index (χ0n) is 23.2. The largest absolute Gasteiger partial charge is 0.381 e. The summed E-state index contributed by atoms with van der Waals surface area (Å²) in [5, 5.41) is 0. The lowest BCUT2D eigenvalue weighted by molar-refractivity contribution is 0.0288. The second-order valence-electron chi connectivity index (χ2n) is 7.96. The molecule has 0 saturated carbocycles. The fourth-order valence-electron chi connectivity index (χ4n) is 1.59. The molecule has 0 N–H and O–H groups in total. The zero-order chi connectivity index (χ0) is 26.0. The Labute approximate surface area is 201 Å². The fraction of sp³-hybridized carbons (Fsp3) is 0.714. The van der Waals surface area contributed by atoms with Gasteiger partial charge in [0.25, 0.3) is 0 Å². The van der Waals surface area contributed by atoms with Crippen molar-refractivity contribution in [1.82, 2.24) is 0 Å². The van der Waals surface area contributed by atoms with Gasteiger partial charge in [0.1, 0.15) is 0 Å². The second kappa shape index (κ2) is 27.8. The Hall–Kier alpha value is -1.20. The van der Waals surface area contributed by atoms with Gasteiger partial charge in [0, 0.05) is 26.4 Å². The Morgan fingerprint density at radius 1 is 0.875 bits per heavy atom. The molecular formula is C28H56O4. The molecule has 0 aromatic carbocycles. The van der Waals surface area contributed by atoms with E-state index in [0.717, 1.165) is 51.6 Å². The molecule has 0 aliphatic heterocycles. The van der Waals surface area contributed by atoms with E-state index in [1.54, 1.807) is 6.08 Å². The first-order valence-electron chi connectivity index (χ1n) is 11.9. The third kappa shape index (κ3) is 39.3. The molecule has 4 heteroatoms. The van der Waals surface area contributed by atoms with Crippen LogP contribution in [0.25, 0.3) is 0 Å². The monoisotopic (exact) mass is 456 g/mol. The highest BCUT2D eigenvalue weighted by Gasteiger charge is 2.09. The van der Waals surface area contributed by atoms with Crippen LogP contribution in [0.3, 0.4) is 0 Å². The predicted octanol–water partition coefficient (Wildman–Crippen LogP) is 7.81. The van der Waals surface area contributed by atoms with Crippen molar-refractivity contribution >= 4 is 0 Å². The van der Waals surface area contributed by atoms with Crippen molar-refractivity contribution in [2.45, 2.75) is 87.4 Å². The van der Waals surface area contributed by atoms with Crippen LogP contribution < -0.4 is 0 Å². The van der Waals surface area contributed by atoms with Gasteiger partial charge in [-0.2, -0.15) is 0 Å². The van der Waals surface area contributed by atoms with Gasteiger partial charge in [-0.3, -0.25) is 0 Å². The molecule has 4 nitrogen and oxygen atoms in total. The van der Waals surface area contributed by atoms with Crippen LogP contribution in [0.5, 0.6) is 0 Å². The van der Waals surface area contributed by atoms with E-state index in [1.807, 2.05) is 68.4 Å². The summed E-state index contributed by atoms with van der Waals surface area (Å²) in [5.74, 6) is 0.495. The number of hydrogen-bond donors (Lipinski definition) is 0. The van der Waals surface area contributed by atoms with Crippen molar-refractivity contribution in [2.24, 2.45) is 5.92 Å². The molecule has 0 bridgehead atoms. The summed E-state index contributed by atoms with van der Waals surface area (Å²) in [4.78, 5) is 0. The van der Waals surface area contributed by atoms with Crippen LogP contribution >= 0.6 is 0 Å². The molecule has 0 rings (SSSR count). The normalized spacial score (nSPS) is 11.8. The molecule has 0 radical (unpaired) electrons. The van der Waals surface area contributed by atoms with Gasteiger partial charge in [-0.15, -0.1) is 19.7 Å². The Balaban J connectivity index is -0.000000163. The van der Waals surface area contributed by atoms with Crippen molar-refractivity contribution in [3.63, 3.8) is 0 Å². The SMILES string of the molecule is C=C(C)C(C)OCC.C=C(C)CCOCC.C=CC(C)(C)OCC.C=CC(C)COCC. The van der Waals surface area contributed by atoms with Crippen molar-refractivity contribution in [2.75, 3.05) is 39.6 Å². The molecule has 0 amide bonds. The first-order valence-corrected chi connectivity index (χ1v) is 11.9. The number of hydrogen-bond acceptors (Lipinski definition) is 4. The van der Waals surface area contributed by atoms with E-state index in [1.165, 1.54) is 5.57 Å². The van der Waals surface area contributed by atoms with Crippen LogP contribution in [-0.2, 0) is 18.9 Å². The Morgan fingerprint density at radius 2 is 1.41 bits per heavy atom. The zero-order valence-corrected chi connectivity index (χ0v) is 23.2. The van der Waals surface area contributed by atoms with Crippen molar-refractivity contribution in [3.05, 3.63) is 49.6 Å². The maximum atomic E-state index is 5.26. The van der Waals surface area contributed by atoms with Gasteiger partial charge in [-0.25, -0.2) is 0 Å². The Bertz CT molecular complexity index is 441. The third-order valence-electron chi connectivity index (χ3n) is 3.98. The fourth-order valence-corrected chi connectivity index (χ4v) is 1.59. The van der Waals surface area contributed by atoms with E-state index in [0.29, 0.717) is 5.92 Å².